The third-order valence-electron chi connectivity index (χ3n) is 5.67. The van der Waals surface area contributed by atoms with E-state index < -0.39 is 5.69 Å². The van der Waals surface area contributed by atoms with E-state index in [1.165, 1.54) is 14.7 Å². The molecule has 0 N–H and O–H groups in total. The van der Waals surface area contributed by atoms with Crippen LogP contribution >= 0.6 is 0 Å². The van der Waals surface area contributed by atoms with Crippen LogP contribution in [0.25, 0.3) is 16.9 Å². The fraction of sp³-hybridized carbons (Fsp3) is 0.320. The number of ether oxygens (including phenoxy) is 1. The Balaban J connectivity index is 1.93. The molecule has 4 aromatic rings. The number of hydrogen-bond donors (Lipinski definition) is 0. The third kappa shape index (κ3) is 4.03. The summed E-state index contributed by atoms with van der Waals surface area (Å²) in [5.74, 6) is 0.380. The molecule has 0 radical (unpaired) electrons. The van der Waals surface area contributed by atoms with Crippen molar-refractivity contribution in [3.63, 3.8) is 0 Å². The molecule has 0 saturated carbocycles. The van der Waals surface area contributed by atoms with Crippen LogP contribution in [-0.2, 0) is 17.8 Å². The third-order valence-corrected chi connectivity index (χ3v) is 5.67. The van der Waals surface area contributed by atoms with Crippen LogP contribution in [-0.4, -0.2) is 32.4 Å². The molecule has 32 heavy (non-hydrogen) atoms. The lowest BCUT2D eigenvalue weighted by Gasteiger charge is -2.14. The molecule has 0 amide bonds. The number of methoxy groups -OCH3 is 1. The maximum atomic E-state index is 13.4. The number of benzene rings is 2. The van der Waals surface area contributed by atoms with Gasteiger partial charge in [0.15, 0.2) is 11.2 Å². The first-order valence-corrected chi connectivity index (χ1v) is 10.8. The number of fused-ring (bicyclic) bond motifs is 1. The molecule has 0 atom stereocenters. The zero-order valence-electron chi connectivity index (χ0n) is 18.9. The normalized spacial score (nSPS) is 11.5. The first kappa shape index (κ1) is 21.8. The molecule has 0 fully saturated rings. The summed E-state index contributed by atoms with van der Waals surface area (Å²) in [4.78, 5) is 31.2. The first-order valence-electron chi connectivity index (χ1n) is 10.8. The zero-order chi connectivity index (χ0) is 22.8. The summed E-state index contributed by atoms with van der Waals surface area (Å²) < 4.78 is 9.71. The van der Waals surface area contributed by atoms with Crippen LogP contribution in [0, 0.1) is 6.92 Å². The number of nitrogens with zero attached hydrogens (tertiary/aromatic N) is 4. The van der Waals surface area contributed by atoms with Crippen molar-refractivity contribution in [1.29, 1.82) is 0 Å². The Morgan fingerprint density at radius 3 is 2.47 bits per heavy atom. The summed E-state index contributed by atoms with van der Waals surface area (Å²) >= 11 is 0. The Bertz CT molecular complexity index is 1360. The van der Waals surface area contributed by atoms with Gasteiger partial charge in [0.2, 0.25) is 0 Å². The lowest BCUT2D eigenvalue weighted by atomic mass is 10.0. The molecule has 0 aliphatic heterocycles. The van der Waals surface area contributed by atoms with Gasteiger partial charge in [0.25, 0.3) is 5.56 Å². The molecule has 0 bridgehead atoms. The van der Waals surface area contributed by atoms with Crippen LogP contribution in [0.15, 0.2) is 64.4 Å². The molecule has 4 rings (SSSR count). The summed E-state index contributed by atoms with van der Waals surface area (Å²) in [6, 6.07) is 15.9. The molecule has 7 heteroatoms. The average molecular weight is 433 g/mol. The Hall–Kier alpha value is -3.45. The predicted octanol–water partition coefficient (Wildman–Crippen LogP) is 3.48. The van der Waals surface area contributed by atoms with E-state index >= 15 is 0 Å². The molecule has 0 saturated heterocycles. The number of hydrogen-bond acceptors (Lipinski definition) is 4. The van der Waals surface area contributed by atoms with Gasteiger partial charge in [-0.3, -0.25) is 9.36 Å². The second-order valence-corrected chi connectivity index (χ2v) is 8.35. The van der Waals surface area contributed by atoms with Gasteiger partial charge in [-0.15, -0.1) is 0 Å². The highest BCUT2D eigenvalue weighted by Crippen LogP contribution is 2.19. The van der Waals surface area contributed by atoms with Crippen molar-refractivity contribution in [2.24, 2.45) is 0 Å². The maximum Gasteiger partial charge on any atom is 0.337 e. The SMILES string of the molecule is COCCn1c(=O)c2c(ncn2Cc2cccc(C)c2)n(-c2ccc(C(C)C)cc2)c1=O. The summed E-state index contributed by atoms with van der Waals surface area (Å²) in [5, 5.41) is 0. The molecule has 0 spiro atoms. The monoisotopic (exact) mass is 432 g/mol. The zero-order valence-corrected chi connectivity index (χ0v) is 18.9. The Morgan fingerprint density at radius 1 is 1.06 bits per heavy atom. The van der Waals surface area contributed by atoms with Crippen LogP contribution in [0.2, 0.25) is 0 Å². The number of aryl methyl sites for hydroxylation is 1. The quantitative estimate of drug-likeness (QED) is 0.448. The van der Waals surface area contributed by atoms with Gasteiger partial charge in [0, 0.05) is 13.7 Å². The molecule has 0 aliphatic rings. The molecular weight excluding hydrogens is 404 g/mol. The van der Waals surface area contributed by atoms with Crippen LogP contribution in [0.3, 0.4) is 0 Å². The molecule has 0 unspecified atom stereocenters. The van der Waals surface area contributed by atoms with Gasteiger partial charge < -0.3 is 9.30 Å². The first-order chi connectivity index (χ1) is 15.4. The van der Waals surface area contributed by atoms with E-state index in [2.05, 4.69) is 24.9 Å². The number of imidazole rings is 1. The maximum absolute atomic E-state index is 13.4. The molecule has 7 nitrogen and oxygen atoms in total. The van der Waals surface area contributed by atoms with Crippen molar-refractivity contribution in [3.05, 3.63) is 92.4 Å². The molecule has 2 aromatic heterocycles. The Morgan fingerprint density at radius 2 is 1.81 bits per heavy atom. The fourth-order valence-corrected chi connectivity index (χ4v) is 3.93. The Labute approximate surface area is 186 Å². The topological polar surface area (TPSA) is 71.1 Å². The highest BCUT2D eigenvalue weighted by Gasteiger charge is 2.19. The van der Waals surface area contributed by atoms with Crippen molar-refractivity contribution >= 4 is 11.2 Å². The van der Waals surface area contributed by atoms with E-state index in [0.29, 0.717) is 29.3 Å². The minimum absolute atomic E-state index is 0.170. The smallest absolute Gasteiger partial charge is 0.337 e. The van der Waals surface area contributed by atoms with Gasteiger partial charge >= 0.3 is 5.69 Å². The average Bonchev–Trinajstić information content (AvgIpc) is 3.17. The van der Waals surface area contributed by atoms with Gasteiger partial charge in [-0.1, -0.05) is 55.8 Å². The van der Waals surface area contributed by atoms with Crippen molar-refractivity contribution in [3.8, 4) is 5.69 Å². The minimum atomic E-state index is -0.419. The summed E-state index contributed by atoms with van der Waals surface area (Å²) in [6.45, 7) is 7.20. The van der Waals surface area contributed by atoms with Crippen molar-refractivity contribution in [2.75, 3.05) is 13.7 Å². The van der Waals surface area contributed by atoms with E-state index in [1.54, 1.807) is 13.4 Å². The standard InChI is InChI=1S/C25H28N4O3/c1-17(2)20-8-10-21(11-9-20)29-23-22(24(30)28(25(29)31)12-13-32-4)27(16-26-23)15-19-7-5-6-18(3)14-19/h5-11,14,16-17H,12-13,15H2,1-4H3. The molecule has 0 aliphatic carbocycles. The molecular formula is C25H28N4O3. The highest BCUT2D eigenvalue weighted by molar-refractivity contribution is 5.72. The second-order valence-electron chi connectivity index (χ2n) is 8.35. The second kappa shape index (κ2) is 8.96. The van der Waals surface area contributed by atoms with E-state index in [-0.39, 0.29) is 18.7 Å². The molecule has 2 heterocycles. The predicted molar refractivity (Wildman–Crippen MR) is 126 cm³/mol. The van der Waals surface area contributed by atoms with Gasteiger partial charge in [-0.2, -0.15) is 0 Å². The van der Waals surface area contributed by atoms with E-state index in [0.717, 1.165) is 11.1 Å². The number of rotatable bonds is 7. The van der Waals surface area contributed by atoms with E-state index in [4.69, 9.17) is 4.74 Å². The van der Waals surface area contributed by atoms with Gasteiger partial charge in [-0.25, -0.2) is 14.3 Å². The van der Waals surface area contributed by atoms with Gasteiger partial charge in [-0.05, 0) is 36.1 Å². The van der Waals surface area contributed by atoms with Crippen molar-refractivity contribution in [2.45, 2.75) is 39.8 Å². The van der Waals surface area contributed by atoms with Crippen LogP contribution in [0.5, 0.6) is 0 Å². The van der Waals surface area contributed by atoms with Gasteiger partial charge in [0.1, 0.15) is 0 Å². The fourth-order valence-electron chi connectivity index (χ4n) is 3.93. The highest BCUT2D eigenvalue weighted by atomic mass is 16.5. The molecule has 2 aromatic carbocycles. The lowest BCUT2D eigenvalue weighted by Crippen LogP contribution is -2.41. The number of aromatic nitrogens is 4. The minimum Gasteiger partial charge on any atom is -0.383 e. The summed E-state index contributed by atoms with van der Waals surface area (Å²) in [6.07, 6.45) is 1.63. The van der Waals surface area contributed by atoms with Crippen LogP contribution < -0.4 is 11.2 Å². The lowest BCUT2D eigenvalue weighted by molar-refractivity contribution is 0.184. The van der Waals surface area contributed by atoms with Crippen LogP contribution in [0.1, 0.15) is 36.5 Å². The van der Waals surface area contributed by atoms with E-state index in [9.17, 15) is 9.59 Å². The van der Waals surface area contributed by atoms with Crippen LogP contribution in [0.4, 0.5) is 0 Å². The van der Waals surface area contributed by atoms with Crippen molar-refractivity contribution in [1.82, 2.24) is 18.7 Å². The molecule has 166 valence electrons. The van der Waals surface area contributed by atoms with Gasteiger partial charge in [0.05, 0.1) is 25.2 Å². The summed E-state index contributed by atoms with van der Waals surface area (Å²) in [7, 11) is 1.55. The van der Waals surface area contributed by atoms with E-state index in [1.807, 2.05) is 54.0 Å². The summed E-state index contributed by atoms with van der Waals surface area (Å²) in [5.41, 5.74) is 4.04. The largest absolute Gasteiger partial charge is 0.383 e. The Kier molecular flexibility index (Phi) is 6.10. The van der Waals surface area contributed by atoms with Crippen molar-refractivity contribution < 1.29 is 4.74 Å².